The van der Waals surface area contributed by atoms with Gasteiger partial charge in [-0.2, -0.15) is 0 Å². The van der Waals surface area contributed by atoms with Crippen LogP contribution >= 0.6 is 22.6 Å². The Kier molecular flexibility index (Phi) is 6.97. The molecule has 0 aromatic heterocycles. The van der Waals surface area contributed by atoms with Gasteiger partial charge in [0.25, 0.3) is 0 Å². The molecule has 2 fully saturated rings. The van der Waals surface area contributed by atoms with Crippen LogP contribution in [0.15, 0.2) is 30.3 Å². The SMILES string of the molecule is CC1CCN(CI)C[C@@H]1OC(=O)[C@](C)(c1ccccc1)N1CCCCC1. The lowest BCUT2D eigenvalue weighted by Crippen LogP contribution is -2.55. The highest BCUT2D eigenvalue weighted by atomic mass is 127. The number of benzene rings is 1. The van der Waals surface area contributed by atoms with Gasteiger partial charge in [-0.25, -0.2) is 4.79 Å². The second kappa shape index (κ2) is 9.02. The Hall–Kier alpha value is -0.660. The lowest BCUT2D eigenvalue weighted by atomic mass is 9.87. The summed E-state index contributed by atoms with van der Waals surface area (Å²) in [5, 5.41) is 0. The summed E-state index contributed by atoms with van der Waals surface area (Å²) in [6.45, 7) is 8.13. The predicted octanol–water partition coefficient (Wildman–Crippen LogP) is 4.03. The quantitative estimate of drug-likeness (QED) is 0.282. The number of piperidine rings is 2. The summed E-state index contributed by atoms with van der Waals surface area (Å²) >= 11 is 2.40. The highest BCUT2D eigenvalue weighted by molar-refractivity contribution is 14.1. The number of carbonyl (C=O) groups is 1. The molecule has 0 N–H and O–H groups in total. The first kappa shape index (κ1) is 20.1. The van der Waals surface area contributed by atoms with E-state index < -0.39 is 5.54 Å². The van der Waals surface area contributed by atoms with Gasteiger partial charge < -0.3 is 4.74 Å². The Morgan fingerprint density at radius 2 is 1.88 bits per heavy atom. The number of likely N-dealkylation sites (tertiary alicyclic amines) is 2. The molecule has 144 valence electrons. The topological polar surface area (TPSA) is 32.8 Å². The fourth-order valence-corrected chi connectivity index (χ4v) is 4.77. The van der Waals surface area contributed by atoms with E-state index in [2.05, 4.69) is 58.4 Å². The van der Waals surface area contributed by atoms with Crippen molar-refractivity contribution < 1.29 is 9.53 Å². The molecule has 2 heterocycles. The van der Waals surface area contributed by atoms with E-state index in [-0.39, 0.29) is 12.1 Å². The molecule has 3 atom stereocenters. The zero-order valence-corrected chi connectivity index (χ0v) is 18.2. The zero-order chi connectivity index (χ0) is 18.6. The molecule has 0 saturated carbocycles. The number of alkyl halides is 1. The standard InChI is InChI=1S/C21H31IN2O2/c1-17-11-14-23(16-22)15-19(17)26-20(25)21(2,18-9-5-3-6-10-18)24-12-7-4-8-13-24/h3,5-6,9-10,17,19H,4,7-8,11-16H2,1-2H3/t17?,19-,21-/m0/s1. The lowest BCUT2D eigenvalue weighted by Gasteiger charge is -2.43. The smallest absolute Gasteiger partial charge is 0.331 e. The Morgan fingerprint density at radius 1 is 1.19 bits per heavy atom. The minimum absolute atomic E-state index is 0.0150. The summed E-state index contributed by atoms with van der Waals surface area (Å²) in [7, 11) is 0. The molecule has 2 aliphatic heterocycles. The Balaban J connectivity index is 1.83. The predicted molar refractivity (Wildman–Crippen MR) is 113 cm³/mol. The maximum Gasteiger partial charge on any atom is 0.331 e. The molecule has 0 bridgehead atoms. The molecular formula is C21H31IN2O2. The third-order valence-corrected chi connectivity index (χ3v) is 7.09. The molecule has 26 heavy (non-hydrogen) atoms. The number of hydrogen-bond acceptors (Lipinski definition) is 4. The number of hydrogen-bond donors (Lipinski definition) is 0. The average Bonchev–Trinajstić information content (AvgIpc) is 2.70. The zero-order valence-electron chi connectivity index (χ0n) is 16.0. The average molecular weight is 470 g/mol. The monoisotopic (exact) mass is 470 g/mol. The van der Waals surface area contributed by atoms with Gasteiger partial charge in [0.05, 0.1) is 4.55 Å². The maximum absolute atomic E-state index is 13.5. The van der Waals surface area contributed by atoms with Crippen molar-refractivity contribution in [2.24, 2.45) is 5.92 Å². The molecule has 2 aliphatic rings. The van der Waals surface area contributed by atoms with E-state index in [9.17, 15) is 4.79 Å². The number of rotatable bonds is 5. The number of nitrogens with zero attached hydrogens (tertiary/aromatic N) is 2. The van der Waals surface area contributed by atoms with Gasteiger partial charge in [-0.3, -0.25) is 9.80 Å². The first-order chi connectivity index (χ1) is 12.6. The van der Waals surface area contributed by atoms with Crippen LogP contribution in [0.5, 0.6) is 0 Å². The summed E-state index contributed by atoms with van der Waals surface area (Å²) < 4.78 is 7.17. The van der Waals surface area contributed by atoms with Gasteiger partial charge in [0, 0.05) is 6.54 Å². The van der Waals surface area contributed by atoms with Crippen LogP contribution in [-0.2, 0) is 15.1 Å². The van der Waals surface area contributed by atoms with E-state index in [0.717, 1.165) is 55.6 Å². The van der Waals surface area contributed by atoms with E-state index in [1.54, 1.807) is 0 Å². The Bertz CT molecular complexity index is 591. The van der Waals surface area contributed by atoms with Crippen LogP contribution < -0.4 is 0 Å². The number of carbonyl (C=O) groups excluding carboxylic acids is 1. The van der Waals surface area contributed by atoms with Crippen LogP contribution in [0.25, 0.3) is 0 Å². The second-order valence-corrected chi connectivity index (χ2v) is 8.57. The molecule has 0 amide bonds. The van der Waals surface area contributed by atoms with Crippen molar-refractivity contribution in [2.45, 2.75) is 51.2 Å². The van der Waals surface area contributed by atoms with Gasteiger partial charge in [0.1, 0.15) is 11.6 Å². The van der Waals surface area contributed by atoms with E-state index >= 15 is 0 Å². The van der Waals surface area contributed by atoms with Crippen LogP contribution in [0.3, 0.4) is 0 Å². The normalized spacial score (nSPS) is 27.7. The summed E-state index contributed by atoms with van der Waals surface area (Å²) in [5.74, 6) is 0.331. The van der Waals surface area contributed by atoms with Crippen LogP contribution in [0, 0.1) is 5.92 Å². The van der Waals surface area contributed by atoms with Crippen LogP contribution in [0.4, 0.5) is 0 Å². The molecule has 0 radical (unpaired) electrons. The summed E-state index contributed by atoms with van der Waals surface area (Å²) in [5.41, 5.74) is 0.342. The van der Waals surface area contributed by atoms with Crippen molar-refractivity contribution in [2.75, 3.05) is 30.7 Å². The third-order valence-electron chi connectivity index (χ3n) is 6.12. The van der Waals surface area contributed by atoms with E-state index in [1.807, 2.05) is 18.2 Å². The Morgan fingerprint density at radius 3 is 2.54 bits per heavy atom. The third kappa shape index (κ3) is 4.25. The maximum atomic E-state index is 13.5. The number of esters is 1. The van der Waals surface area contributed by atoms with E-state index in [1.165, 1.54) is 6.42 Å². The number of halogens is 1. The van der Waals surface area contributed by atoms with E-state index in [4.69, 9.17) is 4.74 Å². The van der Waals surface area contributed by atoms with E-state index in [0.29, 0.717) is 5.92 Å². The summed E-state index contributed by atoms with van der Waals surface area (Å²) in [6, 6.07) is 10.2. The van der Waals surface area contributed by atoms with Gasteiger partial charge in [-0.1, -0.05) is 66.3 Å². The molecule has 1 unspecified atom stereocenters. The van der Waals surface area contributed by atoms with Crippen molar-refractivity contribution in [3.8, 4) is 0 Å². The van der Waals surface area contributed by atoms with Crippen LogP contribution in [0.1, 0.15) is 45.1 Å². The van der Waals surface area contributed by atoms with Crippen LogP contribution in [-0.4, -0.2) is 52.6 Å². The minimum Gasteiger partial charge on any atom is -0.459 e. The van der Waals surface area contributed by atoms with Crippen molar-refractivity contribution in [1.29, 1.82) is 0 Å². The molecule has 5 heteroatoms. The van der Waals surface area contributed by atoms with Gasteiger partial charge in [-0.15, -0.1) is 0 Å². The molecule has 3 rings (SSSR count). The number of ether oxygens (including phenoxy) is 1. The van der Waals surface area contributed by atoms with Crippen molar-refractivity contribution in [3.05, 3.63) is 35.9 Å². The summed E-state index contributed by atoms with van der Waals surface area (Å²) in [4.78, 5) is 18.2. The second-order valence-electron chi connectivity index (χ2n) is 7.89. The molecule has 2 saturated heterocycles. The first-order valence-electron chi connectivity index (χ1n) is 9.85. The summed E-state index contributed by atoms with van der Waals surface area (Å²) in [6.07, 6.45) is 4.63. The molecule has 1 aromatic rings. The largest absolute Gasteiger partial charge is 0.459 e. The highest BCUT2D eigenvalue weighted by Crippen LogP contribution is 2.34. The fourth-order valence-electron chi connectivity index (χ4n) is 4.15. The van der Waals surface area contributed by atoms with Crippen LogP contribution in [0.2, 0.25) is 0 Å². The lowest BCUT2D eigenvalue weighted by molar-refractivity contribution is -0.170. The van der Waals surface area contributed by atoms with Gasteiger partial charge in [0.15, 0.2) is 0 Å². The van der Waals surface area contributed by atoms with Crippen molar-refractivity contribution in [3.63, 3.8) is 0 Å². The molecule has 1 aromatic carbocycles. The highest BCUT2D eigenvalue weighted by Gasteiger charge is 2.44. The van der Waals surface area contributed by atoms with Crippen molar-refractivity contribution >= 4 is 28.6 Å². The fraction of sp³-hybridized carbons (Fsp3) is 0.667. The van der Waals surface area contributed by atoms with Gasteiger partial charge >= 0.3 is 5.97 Å². The molecular weight excluding hydrogens is 439 g/mol. The molecule has 0 aliphatic carbocycles. The van der Waals surface area contributed by atoms with Gasteiger partial charge in [-0.05, 0) is 57.3 Å². The first-order valence-corrected chi connectivity index (χ1v) is 11.4. The molecule has 0 spiro atoms. The van der Waals surface area contributed by atoms with Crippen molar-refractivity contribution in [1.82, 2.24) is 9.80 Å². The minimum atomic E-state index is -0.700. The Labute approximate surface area is 171 Å². The molecule has 4 nitrogen and oxygen atoms in total. The van der Waals surface area contributed by atoms with Gasteiger partial charge in [0.2, 0.25) is 0 Å².